The molecule has 3 heterocycles. The molecule has 6 rings (SSSR count). The van der Waals surface area contributed by atoms with Crippen LogP contribution in [0.25, 0.3) is 44.8 Å². The average molecular weight is 557 g/mol. The Morgan fingerprint density at radius 2 is 1.32 bits per heavy atom. The van der Waals surface area contributed by atoms with Gasteiger partial charge in [0.2, 0.25) is 0 Å². The second-order valence-corrected chi connectivity index (χ2v) is 10.2. The summed E-state index contributed by atoms with van der Waals surface area (Å²) >= 11 is 0. The van der Waals surface area contributed by atoms with Crippen molar-refractivity contribution in [2.24, 2.45) is 0 Å². The van der Waals surface area contributed by atoms with Crippen molar-refractivity contribution in [3.63, 3.8) is 0 Å². The summed E-state index contributed by atoms with van der Waals surface area (Å²) in [5.74, 6) is 2.42. The number of nitrogens with one attached hydrogen (secondary N) is 2. The van der Waals surface area contributed by atoms with E-state index in [1.807, 2.05) is 30.3 Å². The minimum atomic E-state index is 0.0229. The quantitative estimate of drug-likeness (QED) is 0.198. The number of hydrogen-bond acceptors (Lipinski definition) is 8. The van der Waals surface area contributed by atoms with Crippen LogP contribution in [0.2, 0.25) is 0 Å². The maximum absolute atomic E-state index is 8.69. The number of nitrogens with zero attached hydrogens (tertiary/aromatic N) is 4. The molecule has 0 radical (unpaired) electrons. The van der Waals surface area contributed by atoms with Gasteiger partial charge in [-0.15, -0.1) is 0 Å². The molecule has 1 aliphatic rings. The van der Waals surface area contributed by atoms with Crippen molar-refractivity contribution in [3.05, 3.63) is 60.7 Å². The van der Waals surface area contributed by atoms with Crippen molar-refractivity contribution >= 4 is 27.8 Å². The van der Waals surface area contributed by atoms with Crippen molar-refractivity contribution < 1.29 is 19.3 Å². The fraction of sp³-hybridized carbons (Fsp3) is 0.355. The number of likely N-dealkylation sites (N-methyl/N-ethyl adjacent to an activating group) is 1. The van der Waals surface area contributed by atoms with Crippen molar-refractivity contribution in [2.75, 3.05) is 77.8 Å². The molecule has 1 fully saturated rings. The van der Waals surface area contributed by atoms with E-state index in [9.17, 15) is 0 Å². The first-order chi connectivity index (χ1) is 20.2. The molecule has 0 spiro atoms. The summed E-state index contributed by atoms with van der Waals surface area (Å²) in [6.45, 7) is 6.45. The first kappa shape index (κ1) is 27.2. The van der Waals surface area contributed by atoms with Crippen LogP contribution in [-0.2, 0) is 9.47 Å². The highest BCUT2D eigenvalue weighted by Crippen LogP contribution is 2.28. The van der Waals surface area contributed by atoms with Gasteiger partial charge in [0.05, 0.1) is 55.1 Å². The summed E-state index contributed by atoms with van der Waals surface area (Å²) < 4.78 is 16.4. The van der Waals surface area contributed by atoms with E-state index in [0.717, 1.165) is 76.8 Å². The number of aliphatic hydroxyl groups excluding tert-OH is 1. The normalized spacial score (nSPS) is 14.3. The summed E-state index contributed by atoms with van der Waals surface area (Å²) in [6.07, 6.45) is 0. The highest BCUT2D eigenvalue weighted by Gasteiger charge is 2.16. The second-order valence-electron chi connectivity index (χ2n) is 10.2. The Morgan fingerprint density at radius 1 is 0.707 bits per heavy atom. The summed E-state index contributed by atoms with van der Waals surface area (Å²) in [4.78, 5) is 21.4. The molecule has 214 valence electrons. The molecule has 0 amide bonds. The fourth-order valence-electron chi connectivity index (χ4n) is 5.00. The van der Waals surface area contributed by atoms with E-state index < -0.39 is 0 Å². The van der Waals surface area contributed by atoms with E-state index in [1.165, 1.54) is 5.69 Å². The lowest BCUT2D eigenvalue weighted by molar-refractivity contribution is 0.0247. The van der Waals surface area contributed by atoms with Crippen LogP contribution in [0.15, 0.2) is 60.7 Å². The van der Waals surface area contributed by atoms with Crippen LogP contribution in [0, 0.1) is 0 Å². The third-order valence-electron chi connectivity index (χ3n) is 7.32. The lowest BCUT2D eigenvalue weighted by Gasteiger charge is -2.34. The Hall–Kier alpha value is -3.96. The predicted octanol–water partition coefficient (Wildman–Crippen LogP) is 3.93. The number of aliphatic hydroxyl groups is 1. The molecule has 0 saturated carbocycles. The lowest BCUT2D eigenvalue weighted by Crippen LogP contribution is -2.44. The van der Waals surface area contributed by atoms with Crippen LogP contribution >= 0.6 is 0 Å². The number of H-pyrrole nitrogens is 2. The molecule has 41 heavy (non-hydrogen) atoms. The molecular weight excluding hydrogens is 520 g/mol. The Kier molecular flexibility index (Phi) is 8.43. The molecule has 2 aromatic heterocycles. The number of anilines is 1. The minimum Gasteiger partial charge on any atom is -0.491 e. The van der Waals surface area contributed by atoms with Crippen LogP contribution in [-0.4, -0.2) is 103 Å². The summed E-state index contributed by atoms with van der Waals surface area (Å²) in [5, 5.41) is 8.69. The molecule has 0 bridgehead atoms. The van der Waals surface area contributed by atoms with Gasteiger partial charge < -0.3 is 39.1 Å². The lowest BCUT2D eigenvalue weighted by atomic mass is 10.2. The van der Waals surface area contributed by atoms with Crippen LogP contribution in [0.1, 0.15) is 0 Å². The third kappa shape index (κ3) is 6.52. The Labute approximate surface area is 238 Å². The SMILES string of the molecule is CN1CCN(c2ccc3nc(-c4ccc5nc(-c6ccc(OCCOCCOCCO)cc6)[nH]c5c4)[nH]c3c2)CC1. The molecule has 5 aromatic rings. The molecule has 0 atom stereocenters. The zero-order valence-corrected chi connectivity index (χ0v) is 23.3. The van der Waals surface area contributed by atoms with Crippen molar-refractivity contribution in [3.8, 4) is 28.5 Å². The van der Waals surface area contributed by atoms with Crippen molar-refractivity contribution in [1.82, 2.24) is 24.8 Å². The standard InChI is InChI=1S/C31H36N6O4/c1-36-10-12-37(13-11-36)24-5-9-27-29(21-24)35-31(33-27)23-4-8-26-28(20-23)34-30(32-26)22-2-6-25(7-3-22)41-19-18-40-17-16-39-15-14-38/h2-9,20-21,38H,10-19H2,1H3,(H,32,34)(H,33,35). The number of imidazole rings is 2. The molecule has 3 aromatic carbocycles. The molecule has 1 aliphatic heterocycles. The molecule has 3 N–H and O–H groups in total. The zero-order valence-electron chi connectivity index (χ0n) is 23.3. The molecule has 1 saturated heterocycles. The predicted molar refractivity (Wildman–Crippen MR) is 161 cm³/mol. The number of aromatic amines is 2. The number of benzene rings is 3. The maximum Gasteiger partial charge on any atom is 0.138 e. The number of ether oxygens (including phenoxy) is 3. The van der Waals surface area contributed by atoms with Gasteiger partial charge >= 0.3 is 0 Å². The van der Waals surface area contributed by atoms with Gasteiger partial charge in [-0.1, -0.05) is 0 Å². The largest absolute Gasteiger partial charge is 0.491 e. The molecule has 10 nitrogen and oxygen atoms in total. The van der Waals surface area contributed by atoms with Gasteiger partial charge in [-0.25, -0.2) is 9.97 Å². The number of rotatable bonds is 12. The highest BCUT2D eigenvalue weighted by atomic mass is 16.5. The Bertz CT molecular complexity index is 1570. The average Bonchev–Trinajstić information content (AvgIpc) is 3.63. The van der Waals surface area contributed by atoms with Gasteiger partial charge in [-0.05, 0) is 67.7 Å². The van der Waals surface area contributed by atoms with E-state index in [4.69, 9.17) is 29.3 Å². The number of hydrogen-bond donors (Lipinski definition) is 3. The van der Waals surface area contributed by atoms with Crippen molar-refractivity contribution in [1.29, 1.82) is 0 Å². The highest BCUT2D eigenvalue weighted by molar-refractivity contribution is 5.87. The smallest absolute Gasteiger partial charge is 0.138 e. The van der Waals surface area contributed by atoms with Crippen LogP contribution < -0.4 is 9.64 Å². The molecule has 0 unspecified atom stereocenters. The van der Waals surface area contributed by atoms with Gasteiger partial charge in [0.25, 0.3) is 0 Å². The van der Waals surface area contributed by atoms with E-state index >= 15 is 0 Å². The molecular formula is C31H36N6O4. The first-order valence-corrected chi connectivity index (χ1v) is 14.1. The molecule has 0 aliphatic carbocycles. The number of piperazine rings is 1. The third-order valence-corrected chi connectivity index (χ3v) is 7.32. The van der Waals surface area contributed by atoms with Crippen LogP contribution in [0.4, 0.5) is 5.69 Å². The van der Waals surface area contributed by atoms with Crippen LogP contribution in [0.3, 0.4) is 0 Å². The van der Waals surface area contributed by atoms with E-state index in [2.05, 4.69) is 57.1 Å². The summed E-state index contributed by atoms with van der Waals surface area (Å²) in [7, 11) is 2.17. The maximum atomic E-state index is 8.69. The Morgan fingerprint density at radius 3 is 2.05 bits per heavy atom. The molecule has 10 heteroatoms. The van der Waals surface area contributed by atoms with E-state index in [-0.39, 0.29) is 6.61 Å². The van der Waals surface area contributed by atoms with Gasteiger partial charge in [0, 0.05) is 43.0 Å². The summed E-state index contributed by atoms with van der Waals surface area (Å²) in [6, 6.07) is 20.5. The van der Waals surface area contributed by atoms with Gasteiger partial charge in [-0.2, -0.15) is 0 Å². The van der Waals surface area contributed by atoms with E-state index in [1.54, 1.807) is 0 Å². The monoisotopic (exact) mass is 556 g/mol. The number of aromatic nitrogens is 4. The second kappa shape index (κ2) is 12.7. The summed E-state index contributed by atoms with van der Waals surface area (Å²) in [5.41, 5.74) is 7.09. The first-order valence-electron chi connectivity index (χ1n) is 14.1. The van der Waals surface area contributed by atoms with Gasteiger partial charge in [-0.3, -0.25) is 0 Å². The minimum absolute atomic E-state index is 0.0229. The van der Waals surface area contributed by atoms with Crippen LogP contribution in [0.5, 0.6) is 5.75 Å². The fourth-order valence-corrected chi connectivity index (χ4v) is 5.00. The van der Waals surface area contributed by atoms with Crippen molar-refractivity contribution in [2.45, 2.75) is 0 Å². The van der Waals surface area contributed by atoms with E-state index in [0.29, 0.717) is 33.0 Å². The zero-order chi connectivity index (χ0) is 28.0. The topological polar surface area (TPSA) is 112 Å². The van der Waals surface area contributed by atoms with Gasteiger partial charge in [0.15, 0.2) is 0 Å². The Balaban J connectivity index is 1.10. The van der Waals surface area contributed by atoms with Gasteiger partial charge in [0.1, 0.15) is 24.0 Å². The number of fused-ring (bicyclic) bond motifs is 2.